The first-order valence-electron chi connectivity index (χ1n) is 12.5. The molecule has 2 saturated heterocycles. The number of aromatic nitrogens is 2. The van der Waals surface area contributed by atoms with E-state index in [0.717, 1.165) is 48.2 Å². The van der Waals surface area contributed by atoms with Crippen molar-refractivity contribution in [1.82, 2.24) is 18.2 Å². The minimum absolute atomic E-state index is 0.112. The van der Waals surface area contributed by atoms with E-state index >= 15 is 0 Å². The molecule has 2 aromatic carbocycles. The lowest BCUT2D eigenvalue weighted by Crippen LogP contribution is -2.49. The van der Waals surface area contributed by atoms with Crippen LogP contribution >= 0.6 is 0 Å². The minimum atomic E-state index is -3.47. The van der Waals surface area contributed by atoms with Gasteiger partial charge in [0.2, 0.25) is 5.91 Å². The molecule has 8 nitrogen and oxygen atoms in total. The molecule has 1 N–H and O–H groups in total. The third-order valence-corrected chi connectivity index (χ3v) is 9.21. The van der Waals surface area contributed by atoms with Gasteiger partial charge in [0.1, 0.15) is 5.82 Å². The summed E-state index contributed by atoms with van der Waals surface area (Å²) in [6.07, 6.45) is 4.91. The van der Waals surface area contributed by atoms with E-state index in [9.17, 15) is 13.2 Å². The van der Waals surface area contributed by atoms with Crippen molar-refractivity contribution in [3.8, 4) is 0 Å². The van der Waals surface area contributed by atoms with E-state index in [0.29, 0.717) is 32.5 Å². The molecule has 1 atom stereocenters. The first-order chi connectivity index (χ1) is 16.9. The van der Waals surface area contributed by atoms with Gasteiger partial charge in [-0.1, -0.05) is 24.3 Å². The molecule has 9 heteroatoms. The highest BCUT2D eigenvalue weighted by molar-refractivity contribution is 7.86. The fraction of sp³-hybridized carbons (Fsp3) is 0.462. The number of aryl methyl sites for hydroxylation is 3. The summed E-state index contributed by atoms with van der Waals surface area (Å²) < 4.78 is 31.0. The van der Waals surface area contributed by atoms with Gasteiger partial charge in [0.05, 0.1) is 17.0 Å². The van der Waals surface area contributed by atoms with Gasteiger partial charge in [-0.05, 0) is 61.9 Å². The third kappa shape index (κ3) is 5.12. The zero-order chi connectivity index (χ0) is 24.4. The molecule has 0 spiro atoms. The number of hydrogen-bond donors (Lipinski definition) is 1. The normalized spacial score (nSPS) is 19.9. The SMILES string of the molecule is Cn1c(CCc2ccc(NC(=O)[C@@H]3CCCN(S(=O)(=O)N4CCCC4)C3)cc2)nc2ccccc21. The number of nitrogens with zero attached hydrogens (tertiary/aromatic N) is 4. The predicted octanol–water partition coefficient (Wildman–Crippen LogP) is 3.35. The lowest BCUT2D eigenvalue weighted by Gasteiger charge is -2.33. The van der Waals surface area contributed by atoms with Gasteiger partial charge in [-0.15, -0.1) is 0 Å². The second-order valence-electron chi connectivity index (χ2n) is 9.57. The van der Waals surface area contributed by atoms with Crippen molar-refractivity contribution in [3.05, 3.63) is 59.9 Å². The predicted molar refractivity (Wildman–Crippen MR) is 137 cm³/mol. The van der Waals surface area contributed by atoms with Crippen LogP contribution in [0.25, 0.3) is 11.0 Å². The summed E-state index contributed by atoms with van der Waals surface area (Å²) >= 11 is 0. The molecule has 3 heterocycles. The summed E-state index contributed by atoms with van der Waals surface area (Å²) in [5, 5.41) is 2.99. The average Bonchev–Trinajstić information content (AvgIpc) is 3.53. The average molecular weight is 496 g/mol. The minimum Gasteiger partial charge on any atom is -0.331 e. The Morgan fingerprint density at radius 2 is 1.69 bits per heavy atom. The molecule has 35 heavy (non-hydrogen) atoms. The van der Waals surface area contributed by atoms with E-state index in [4.69, 9.17) is 4.98 Å². The molecule has 1 aromatic heterocycles. The molecule has 0 unspecified atom stereocenters. The maximum absolute atomic E-state index is 12.9. The highest BCUT2D eigenvalue weighted by atomic mass is 32.2. The molecule has 2 aliphatic heterocycles. The van der Waals surface area contributed by atoms with Gasteiger partial charge in [-0.25, -0.2) is 4.98 Å². The molecule has 0 bridgehead atoms. The number of anilines is 1. The molecule has 2 aliphatic rings. The van der Waals surface area contributed by atoms with Crippen LogP contribution in [0, 0.1) is 5.92 Å². The molecule has 2 fully saturated rings. The van der Waals surface area contributed by atoms with Gasteiger partial charge in [0, 0.05) is 45.3 Å². The molecule has 1 amide bonds. The lowest BCUT2D eigenvalue weighted by molar-refractivity contribution is -0.120. The Morgan fingerprint density at radius 1 is 0.971 bits per heavy atom. The third-order valence-electron chi connectivity index (χ3n) is 7.21. The van der Waals surface area contributed by atoms with Crippen LogP contribution < -0.4 is 5.32 Å². The fourth-order valence-electron chi connectivity index (χ4n) is 5.12. The van der Waals surface area contributed by atoms with Crippen molar-refractivity contribution in [2.45, 2.75) is 38.5 Å². The maximum atomic E-state index is 12.9. The molecule has 3 aromatic rings. The van der Waals surface area contributed by atoms with Gasteiger partial charge in [0.25, 0.3) is 10.2 Å². The van der Waals surface area contributed by atoms with E-state index in [1.54, 1.807) is 4.31 Å². The van der Waals surface area contributed by atoms with Crippen LogP contribution in [0.5, 0.6) is 0 Å². The highest BCUT2D eigenvalue weighted by Crippen LogP contribution is 2.25. The summed E-state index contributed by atoms with van der Waals surface area (Å²) in [5.74, 6) is 0.603. The summed E-state index contributed by atoms with van der Waals surface area (Å²) in [5.41, 5.74) is 4.06. The summed E-state index contributed by atoms with van der Waals surface area (Å²) in [6, 6.07) is 16.0. The largest absolute Gasteiger partial charge is 0.331 e. The second-order valence-corrected chi connectivity index (χ2v) is 11.5. The van der Waals surface area contributed by atoms with Crippen LogP contribution in [0.15, 0.2) is 48.5 Å². The van der Waals surface area contributed by atoms with E-state index in [1.165, 1.54) is 9.87 Å². The highest BCUT2D eigenvalue weighted by Gasteiger charge is 2.36. The molecular weight excluding hydrogens is 462 g/mol. The maximum Gasteiger partial charge on any atom is 0.281 e. The van der Waals surface area contributed by atoms with Crippen LogP contribution in [-0.4, -0.2) is 58.7 Å². The molecule has 5 rings (SSSR count). The Hall–Kier alpha value is -2.75. The van der Waals surface area contributed by atoms with Gasteiger partial charge >= 0.3 is 0 Å². The number of nitrogens with one attached hydrogen (secondary N) is 1. The topological polar surface area (TPSA) is 87.5 Å². The Labute approximate surface area is 207 Å². The van der Waals surface area contributed by atoms with E-state index in [2.05, 4.69) is 16.0 Å². The number of piperidine rings is 1. The lowest BCUT2D eigenvalue weighted by atomic mass is 9.98. The number of rotatable bonds is 7. The van der Waals surface area contributed by atoms with Crippen LogP contribution in [0.3, 0.4) is 0 Å². The number of amides is 1. The van der Waals surface area contributed by atoms with Gasteiger partial charge in [-0.3, -0.25) is 4.79 Å². The summed E-state index contributed by atoms with van der Waals surface area (Å²) in [6.45, 7) is 1.90. The molecule has 0 aliphatic carbocycles. The Kier molecular flexibility index (Phi) is 6.91. The van der Waals surface area contributed by atoms with E-state index < -0.39 is 10.2 Å². The van der Waals surface area contributed by atoms with Crippen LogP contribution in [0.2, 0.25) is 0 Å². The van der Waals surface area contributed by atoms with Crippen molar-refractivity contribution in [3.63, 3.8) is 0 Å². The molecule has 0 saturated carbocycles. The number of hydrogen-bond acceptors (Lipinski definition) is 4. The first kappa shape index (κ1) is 24.0. The number of carbonyl (C=O) groups excluding carboxylic acids is 1. The van der Waals surface area contributed by atoms with Crippen LogP contribution in [0.1, 0.15) is 37.1 Å². The van der Waals surface area contributed by atoms with Crippen molar-refractivity contribution in [1.29, 1.82) is 0 Å². The molecular formula is C26H33N5O3S. The first-order valence-corrected chi connectivity index (χ1v) is 13.9. The number of fused-ring (bicyclic) bond motifs is 1. The van der Waals surface area contributed by atoms with E-state index in [-0.39, 0.29) is 18.4 Å². The Morgan fingerprint density at radius 3 is 2.43 bits per heavy atom. The summed E-state index contributed by atoms with van der Waals surface area (Å²) in [7, 11) is -1.42. The van der Waals surface area contributed by atoms with Gasteiger partial charge < -0.3 is 9.88 Å². The number of para-hydroxylation sites is 2. The molecule has 0 radical (unpaired) electrons. The Bertz CT molecular complexity index is 1300. The second kappa shape index (κ2) is 10.1. The monoisotopic (exact) mass is 495 g/mol. The smallest absolute Gasteiger partial charge is 0.281 e. The zero-order valence-corrected chi connectivity index (χ0v) is 21.0. The fourth-order valence-corrected chi connectivity index (χ4v) is 6.90. The van der Waals surface area contributed by atoms with Crippen LogP contribution in [0.4, 0.5) is 5.69 Å². The van der Waals surface area contributed by atoms with Crippen molar-refractivity contribution in [2.24, 2.45) is 13.0 Å². The number of imidazole rings is 1. The van der Waals surface area contributed by atoms with Crippen molar-refractivity contribution >= 4 is 32.8 Å². The van der Waals surface area contributed by atoms with Gasteiger partial charge in [0.15, 0.2) is 0 Å². The van der Waals surface area contributed by atoms with Crippen molar-refractivity contribution in [2.75, 3.05) is 31.5 Å². The number of benzene rings is 2. The van der Waals surface area contributed by atoms with E-state index in [1.807, 2.05) is 49.5 Å². The van der Waals surface area contributed by atoms with Crippen LogP contribution in [-0.2, 0) is 34.9 Å². The quantitative estimate of drug-likeness (QED) is 0.545. The summed E-state index contributed by atoms with van der Waals surface area (Å²) in [4.78, 5) is 17.7. The standard InChI is InChI=1S/C26H33N5O3S/c1-29-24-9-3-2-8-23(24)28-25(29)15-12-20-10-13-22(14-11-20)27-26(32)21-7-6-18-31(19-21)35(33,34)30-16-4-5-17-30/h2-3,8-11,13-14,21H,4-7,12,15-19H2,1H3,(H,27,32)/t21-/m1/s1. The van der Waals surface area contributed by atoms with Gasteiger partial charge in [-0.2, -0.15) is 17.0 Å². The zero-order valence-electron chi connectivity index (χ0n) is 20.2. The molecule has 186 valence electrons. The van der Waals surface area contributed by atoms with Crippen molar-refractivity contribution < 1.29 is 13.2 Å². The Balaban J connectivity index is 1.17. The number of carbonyl (C=O) groups is 1.